The van der Waals surface area contributed by atoms with Crippen molar-refractivity contribution in [2.45, 2.75) is 13.3 Å². The summed E-state index contributed by atoms with van der Waals surface area (Å²) in [7, 11) is 1.43. The van der Waals surface area contributed by atoms with Gasteiger partial charge in [-0.25, -0.2) is 4.39 Å². The molecule has 0 saturated carbocycles. The Balaban J connectivity index is 2.05. The summed E-state index contributed by atoms with van der Waals surface area (Å²) in [6, 6.07) is 11.2. The van der Waals surface area contributed by atoms with E-state index in [4.69, 9.17) is 13.9 Å². The Hall–Kier alpha value is -2.82. The fraction of sp³-hybridized carbons (Fsp3) is 0.211. The fourth-order valence-corrected chi connectivity index (χ4v) is 2.41. The van der Waals surface area contributed by atoms with Crippen LogP contribution in [0, 0.1) is 5.82 Å². The summed E-state index contributed by atoms with van der Waals surface area (Å²) in [5.74, 6) is 0.746. The van der Waals surface area contributed by atoms with E-state index in [1.165, 1.54) is 25.3 Å². The molecule has 0 saturated heterocycles. The highest BCUT2D eigenvalue weighted by Gasteiger charge is 2.13. The molecule has 0 aliphatic heterocycles. The van der Waals surface area contributed by atoms with Crippen molar-refractivity contribution in [3.63, 3.8) is 0 Å². The van der Waals surface area contributed by atoms with E-state index in [1.54, 1.807) is 24.3 Å². The second-order valence-electron chi connectivity index (χ2n) is 5.33. The molecule has 0 unspecified atom stereocenters. The SMILES string of the molecule is CCCOc1ccc(-c2cc(=O)c3c(F)cc(OC)cc3o2)cc1. The molecule has 1 aromatic heterocycles. The van der Waals surface area contributed by atoms with Gasteiger partial charge in [-0.05, 0) is 30.7 Å². The first-order valence-corrected chi connectivity index (χ1v) is 7.67. The topological polar surface area (TPSA) is 48.7 Å². The Labute approximate surface area is 138 Å². The summed E-state index contributed by atoms with van der Waals surface area (Å²) in [4.78, 5) is 12.2. The molecule has 0 fully saturated rings. The summed E-state index contributed by atoms with van der Waals surface area (Å²) in [5.41, 5.74) is 0.430. The monoisotopic (exact) mass is 328 g/mol. The Morgan fingerprint density at radius 2 is 1.83 bits per heavy atom. The average molecular weight is 328 g/mol. The van der Waals surface area contributed by atoms with Gasteiger partial charge in [0.25, 0.3) is 0 Å². The van der Waals surface area contributed by atoms with Gasteiger partial charge in [-0.1, -0.05) is 6.92 Å². The van der Waals surface area contributed by atoms with Crippen molar-refractivity contribution in [2.75, 3.05) is 13.7 Å². The van der Waals surface area contributed by atoms with Crippen molar-refractivity contribution in [3.05, 3.63) is 58.5 Å². The maximum absolute atomic E-state index is 14.0. The lowest BCUT2D eigenvalue weighted by Gasteiger charge is -2.07. The van der Waals surface area contributed by atoms with Gasteiger partial charge >= 0.3 is 0 Å². The zero-order valence-electron chi connectivity index (χ0n) is 13.5. The molecule has 5 heteroatoms. The van der Waals surface area contributed by atoms with Crippen molar-refractivity contribution in [1.82, 2.24) is 0 Å². The molecule has 2 aromatic carbocycles. The van der Waals surface area contributed by atoms with Gasteiger partial charge < -0.3 is 13.9 Å². The van der Waals surface area contributed by atoms with E-state index in [-0.39, 0.29) is 11.0 Å². The summed E-state index contributed by atoms with van der Waals surface area (Å²) in [5, 5.41) is -0.0811. The largest absolute Gasteiger partial charge is 0.497 e. The van der Waals surface area contributed by atoms with Crippen LogP contribution in [0.3, 0.4) is 0 Å². The highest BCUT2D eigenvalue weighted by atomic mass is 19.1. The van der Waals surface area contributed by atoms with Crippen LogP contribution >= 0.6 is 0 Å². The number of benzene rings is 2. The van der Waals surface area contributed by atoms with E-state index in [0.29, 0.717) is 23.7 Å². The van der Waals surface area contributed by atoms with Crippen LogP contribution < -0.4 is 14.9 Å². The fourth-order valence-electron chi connectivity index (χ4n) is 2.41. The molecule has 24 heavy (non-hydrogen) atoms. The molecule has 0 atom stereocenters. The minimum absolute atomic E-state index is 0.0811. The number of rotatable bonds is 5. The number of hydrogen-bond donors (Lipinski definition) is 0. The van der Waals surface area contributed by atoms with Gasteiger partial charge in [-0.3, -0.25) is 4.79 Å². The van der Waals surface area contributed by atoms with Gasteiger partial charge in [0, 0.05) is 23.8 Å². The summed E-state index contributed by atoms with van der Waals surface area (Å²) in [6.07, 6.45) is 0.925. The third kappa shape index (κ3) is 3.11. The zero-order chi connectivity index (χ0) is 17.1. The lowest BCUT2D eigenvalue weighted by Crippen LogP contribution is -2.03. The van der Waals surface area contributed by atoms with Crippen LogP contribution in [0.1, 0.15) is 13.3 Å². The minimum atomic E-state index is -0.659. The Morgan fingerprint density at radius 1 is 1.08 bits per heavy atom. The van der Waals surface area contributed by atoms with Crippen LogP contribution in [-0.2, 0) is 0 Å². The number of ether oxygens (including phenoxy) is 2. The maximum atomic E-state index is 14.0. The molecule has 3 aromatic rings. The Kier molecular flexibility index (Phi) is 4.51. The Morgan fingerprint density at radius 3 is 2.50 bits per heavy atom. The van der Waals surface area contributed by atoms with E-state index >= 15 is 0 Å². The molecule has 0 bridgehead atoms. The molecular formula is C19H17FO4. The molecule has 0 aliphatic carbocycles. The molecule has 124 valence electrons. The average Bonchev–Trinajstić information content (AvgIpc) is 2.59. The summed E-state index contributed by atoms with van der Waals surface area (Å²) in [6.45, 7) is 2.68. The van der Waals surface area contributed by atoms with Crippen LogP contribution in [-0.4, -0.2) is 13.7 Å². The standard InChI is InChI=1S/C19H17FO4/c1-3-8-23-13-6-4-12(5-7-13)17-11-16(21)19-15(20)9-14(22-2)10-18(19)24-17/h4-7,9-11H,3,8H2,1-2H3. The van der Waals surface area contributed by atoms with Crippen LogP contribution in [0.25, 0.3) is 22.3 Å². The zero-order valence-corrected chi connectivity index (χ0v) is 13.5. The summed E-state index contributed by atoms with van der Waals surface area (Å²) >= 11 is 0. The normalized spacial score (nSPS) is 10.8. The highest BCUT2D eigenvalue weighted by molar-refractivity contribution is 5.80. The van der Waals surface area contributed by atoms with Crippen LogP contribution in [0.4, 0.5) is 4.39 Å². The summed E-state index contributed by atoms with van der Waals surface area (Å²) < 4.78 is 30.3. The molecule has 3 rings (SSSR count). The number of methoxy groups -OCH3 is 1. The van der Waals surface area contributed by atoms with Gasteiger partial charge in [0.1, 0.15) is 34.0 Å². The molecule has 4 nitrogen and oxygen atoms in total. The molecular weight excluding hydrogens is 311 g/mol. The molecule has 0 aliphatic rings. The first-order chi connectivity index (χ1) is 11.6. The Bertz CT molecular complexity index is 913. The van der Waals surface area contributed by atoms with Crippen molar-refractivity contribution < 1.29 is 18.3 Å². The second-order valence-corrected chi connectivity index (χ2v) is 5.33. The van der Waals surface area contributed by atoms with Gasteiger partial charge in [0.05, 0.1) is 13.7 Å². The molecule has 0 N–H and O–H groups in total. The smallest absolute Gasteiger partial charge is 0.196 e. The van der Waals surface area contributed by atoms with Crippen molar-refractivity contribution >= 4 is 11.0 Å². The highest BCUT2D eigenvalue weighted by Crippen LogP contribution is 2.27. The lowest BCUT2D eigenvalue weighted by atomic mass is 10.1. The van der Waals surface area contributed by atoms with Crippen molar-refractivity contribution in [1.29, 1.82) is 0 Å². The van der Waals surface area contributed by atoms with Crippen molar-refractivity contribution in [3.8, 4) is 22.8 Å². The third-order valence-electron chi connectivity index (χ3n) is 3.60. The molecule has 1 heterocycles. The molecule has 0 amide bonds. The van der Waals surface area contributed by atoms with E-state index in [1.807, 2.05) is 6.92 Å². The predicted octanol–water partition coefficient (Wildman–Crippen LogP) is 4.40. The van der Waals surface area contributed by atoms with E-state index in [2.05, 4.69) is 0 Å². The van der Waals surface area contributed by atoms with Crippen LogP contribution in [0.15, 0.2) is 51.7 Å². The second kappa shape index (κ2) is 6.74. The van der Waals surface area contributed by atoms with Crippen LogP contribution in [0.5, 0.6) is 11.5 Å². The quantitative estimate of drug-likeness (QED) is 0.697. The lowest BCUT2D eigenvalue weighted by molar-refractivity contribution is 0.317. The van der Waals surface area contributed by atoms with Crippen molar-refractivity contribution in [2.24, 2.45) is 0 Å². The van der Waals surface area contributed by atoms with Gasteiger partial charge in [0.2, 0.25) is 0 Å². The number of fused-ring (bicyclic) bond motifs is 1. The maximum Gasteiger partial charge on any atom is 0.196 e. The molecule has 0 radical (unpaired) electrons. The van der Waals surface area contributed by atoms with Gasteiger partial charge in [-0.2, -0.15) is 0 Å². The van der Waals surface area contributed by atoms with E-state index in [0.717, 1.165) is 12.2 Å². The molecule has 0 spiro atoms. The number of halogens is 1. The van der Waals surface area contributed by atoms with Gasteiger partial charge in [-0.15, -0.1) is 0 Å². The third-order valence-corrected chi connectivity index (χ3v) is 3.60. The first-order valence-electron chi connectivity index (χ1n) is 7.67. The predicted molar refractivity (Wildman–Crippen MR) is 90.2 cm³/mol. The number of hydrogen-bond acceptors (Lipinski definition) is 4. The van der Waals surface area contributed by atoms with Gasteiger partial charge in [0.15, 0.2) is 5.43 Å². The van der Waals surface area contributed by atoms with E-state index in [9.17, 15) is 9.18 Å². The minimum Gasteiger partial charge on any atom is -0.497 e. The van der Waals surface area contributed by atoms with E-state index < -0.39 is 11.2 Å². The first kappa shape index (κ1) is 16.1. The van der Waals surface area contributed by atoms with Crippen LogP contribution in [0.2, 0.25) is 0 Å².